The van der Waals surface area contributed by atoms with Gasteiger partial charge in [0.2, 0.25) is 6.79 Å². The summed E-state index contributed by atoms with van der Waals surface area (Å²) in [6.45, 7) is 4.74. The van der Waals surface area contributed by atoms with E-state index in [4.69, 9.17) is 19.9 Å². The lowest BCUT2D eigenvalue weighted by molar-refractivity contribution is 0.1000. The third-order valence-corrected chi connectivity index (χ3v) is 5.91. The number of para-hydroxylation sites is 1. The number of aromatic nitrogens is 1. The third kappa shape index (κ3) is 3.91. The zero-order valence-corrected chi connectivity index (χ0v) is 18.5. The Morgan fingerprint density at radius 3 is 2.45 bits per heavy atom. The number of primary amides is 1. The SMILES string of the molecule is Cc1c(C(N)=O)c(-c2cccc(Oc3ccccc3)c2)c(C)n1Cc1ccc2c(c1)OCO2. The number of hydrogen-bond donors (Lipinski definition) is 1. The van der Waals surface area contributed by atoms with Crippen LogP contribution >= 0.6 is 0 Å². The number of carbonyl (C=O) groups excluding carboxylic acids is 1. The molecule has 0 unspecified atom stereocenters. The summed E-state index contributed by atoms with van der Waals surface area (Å²) in [7, 11) is 0. The average Bonchev–Trinajstić information content (AvgIpc) is 3.37. The van der Waals surface area contributed by atoms with Gasteiger partial charge in [0.1, 0.15) is 11.5 Å². The maximum Gasteiger partial charge on any atom is 0.251 e. The maximum atomic E-state index is 12.5. The van der Waals surface area contributed by atoms with Crippen LogP contribution in [0.15, 0.2) is 72.8 Å². The molecule has 5 rings (SSSR count). The molecule has 0 fully saturated rings. The van der Waals surface area contributed by atoms with Gasteiger partial charge < -0.3 is 24.5 Å². The lowest BCUT2D eigenvalue weighted by Crippen LogP contribution is -2.13. The van der Waals surface area contributed by atoms with E-state index in [0.717, 1.165) is 45.3 Å². The number of ether oxygens (including phenoxy) is 3. The van der Waals surface area contributed by atoms with Crippen molar-refractivity contribution in [3.63, 3.8) is 0 Å². The first-order chi connectivity index (χ1) is 16.0. The maximum absolute atomic E-state index is 12.5. The van der Waals surface area contributed by atoms with Crippen molar-refractivity contribution < 1.29 is 19.0 Å². The largest absolute Gasteiger partial charge is 0.457 e. The van der Waals surface area contributed by atoms with Crippen LogP contribution < -0.4 is 19.9 Å². The Kier molecular flexibility index (Phi) is 5.26. The van der Waals surface area contributed by atoms with Crippen LogP contribution in [0.25, 0.3) is 11.1 Å². The highest BCUT2D eigenvalue weighted by Crippen LogP contribution is 2.37. The highest BCUT2D eigenvalue weighted by molar-refractivity contribution is 6.02. The van der Waals surface area contributed by atoms with Crippen LogP contribution in [-0.2, 0) is 6.54 Å². The summed E-state index contributed by atoms with van der Waals surface area (Å²) in [6.07, 6.45) is 0. The Bertz CT molecular complexity index is 1340. The average molecular weight is 440 g/mol. The summed E-state index contributed by atoms with van der Waals surface area (Å²) in [6, 6.07) is 23.2. The minimum Gasteiger partial charge on any atom is -0.457 e. The predicted molar refractivity (Wildman–Crippen MR) is 126 cm³/mol. The second kappa shape index (κ2) is 8.39. The molecule has 0 bridgehead atoms. The quantitative estimate of drug-likeness (QED) is 0.433. The topological polar surface area (TPSA) is 75.7 Å². The van der Waals surface area contributed by atoms with Gasteiger partial charge in [0.25, 0.3) is 5.91 Å². The first kappa shape index (κ1) is 20.7. The van der Waals surface area contributed by atoms with Gasteiger partial charge in [0.05, 0.1) is 5.56 Å². The first-order valence-corrected chi connectivity index (χ1v) is 10.7. The van der Waals surface area contributed by atoms with E-state index in [1.807, 2.05) is 86.6 Å². The van der Waals surface area contributed by atoms with E-state index in [0.29, 0.717) is 17.9 Å². The molecule has 4 aromatic rings. The fourth-order valence-corrected chi connectivity index (χ4v) is 4.34. The van der Waals surface area contributed by atoms with E-state index in [-0.39, 0.29) is 6.79 Å². The van der Waals surface area contributed by atoms with Gasteiger partial charge in [-0.05, 0) is 61.4 Å². The Labute approximate surface area is 192 Å². The Morgan fingerprint density at radius 2 is 1.67 bits per heavy atom. The Morgan fingerprint density at radius 1 is 0.909 bits per heavy atom. The molecule has 0 aliphatic carbocycles. The minimum atomic E-state index is -0.454. The number of nitrogens with zero attached hydrogens (tertiary/aromatic N) is 1. The van der Waals surface area contributed by atoms with Crippen molar-refractivity contribution in [3.05, 3.63) is 95.3 Å². The standard InChI is InChI=1S/C27H24N2O4/c1-17-25(20-7-6-10-22(14-20)33-21-8-4-3-5-9-21)26(27(28)30)18(2)29(17)15-19-11-12-23-24(13-19)32-16-31-23/h3-14H,15-16H2,1-2H3,(H2,28,30). The highest BCUT2D eigenvalue weighted by Gasteiger charge is 2.23. The summed E-state index contributed by atoms with van der Waals surface area (Å²) in [5.74, 6) is 2.46. The molecule has 0 spiro atoms. The zero-order valence-electron chi connectivity index (χ0n) is 18.5. The van der Waals surface area contributed by atoms with Gasteiger partial charge in [0, 0.05) is 23.5 Å². The lowest BCUT2D eigenvalue weighted by atomic mass is 10.00. The second-order valence-electron chi connectivity index (χ2n) is 8.00. The fourth-order valence-electron chi connectivity index (χ4n) is 4.34. The summed E-state index contributed by atoms with van der Waals surface area (Å²) >= 11 is 0. The molecule has 0 saturated heterocycles. The number of carbonyl (C=O) groups is 1. The molecule has 3 aromatic carbocycles. The molecule has 6 nitrogen and oxygen atoms in total. The number of fused-ring (bicyclic) bond motifs is 1. The van der Waals surface area contributed by atoms with Gasteiger partial charge >= 0.3 is 0 Å². The number of rotatable bonds is 6. The molecule has 166 valence electrons. The number of benzene rings is 3. The minimum absolute atomic E-state index is 0.234. The fraction of sp³-hybridized carbons (Fsp3) is 0.148. The van der Waals surface area contributed by atoms with Crippen LogP contribution in [0.3, 0.4) is 0 Å². The molecule has 0 radical (unpaired) electrons. The summed E-state index contributed by atoms with van der Waals surface area (Å²) < 4.78 is 19.0. The highest BCUT2D eigenvalue weighted by atomic mass is 16.7. The Hall–Kier alpha value is -4.19. The molecule has 1 aliphatic heterocycles. The van der Waals surface area contributed by atoms with Gasteiger partial charge in [0.15, 0.2) is 11.5 Å². The molecule has 0 saturated carbocycles. The molecule has 0 atom stereocenters. The number of hydrogen-bond acceptors (Lipinski definition) is 4. The summed E-state index contributed by atoms with van der Waals surface area (Å²) in [5.41, 5.74) is 10.9. The van der Waals surface area contributed by atoms with Crippen LogP contribution in [0.2, 0.25) is 0 Å². The molecule has 33 heavy (non-hydrogen) atoms. The summed E-state index contributed by atoms with van der Waals surface area (Å²) in [4.78, 5) is 12.5. The van der Waals surface area contributed by atoms with Crippen molar-refractivity contribution in [3.8, 4) is 34.1 Å². The van der Waals surface area contributed by atoms with Crippen LogP contribution in [0, 0.1) is 13.8 Å². The van der Waals surface area contributed by atoms with Gasteiger partial charge in [-0.15, -0.1) is 0 Å². The smallest absolute Gasteiger partial charge is 0.251 e. The molecule has 1 amide bonds. The van der Waals surface area contributed by atoms with Gasteiger partial charge in [-0.25, -0.2) is 0 Å². The van der Waals surface area contributed by atoms with Crippen LogP contribution in [0.4, 0.5) is 0 Å². The first-order valence-electron chi connectivity index (χ1n) is 10.7. The van der Waals surface area contributed by atoms with Gasteiger partial charge in [-0.3, -0.25) is 4.79 Å². The van der Waals surface area contributed by atoms with Crippen LogP contribution in [0.5, 0.6) is 23.0 Å². The number of nitrogens with two attached hydrogens (primary N) is 1. The Balaban J connectivity index is 1.54. The van der Waals surface area contributed by atoms with E-state index in [1.165, 1.54) is 0 Å². The molecule has 1 aromatic heterocycles. The van der Waals surface area contributed by atoms with Gasteiger partial charge in [-0.1, -0.05) is 36.4 Å². The van der Waals surface area contributed by atoms with Crippen molar-refractivity contribution >= 4 is 5.91 Å². The molecule has 1 aliphatic rings. The van der Waals surface area contributed by atoms with E-state index < -0.39 is 5.91 Å². The van der Waals surface area contributed by atoms with E-state index in [2.05, 4.69) is 4.57 Å². The zero-order chi connectivity index (χ0) is 22.9. The summed E-state index contributed by atoms with van der Waals surface area (Å²) in [5, 5.41) is 0. The van der Waals surface area contributed by atoms with Crippen molar-refractivity contribution in [1.29, 1.82) is 0 Å². The predicted octanol–water partition coefficient (Wildman–Crippen LogP) is 5.44. The van der Waals surface area contributed by atoms with Crippen molar-refractivity contribution in [2.45, 2.75) is 20.4 Å². The van der Waals surface area contributed by atoms with Crippen LogP contribution in [0.1, 0.15) is 27.3 Å². The van der Waals surface area contributed by atoms with Crippen molar-refractivity contribution in [2.75, 3.05) is 6.79 Å². The lowest BCUT2D eigenvalue weighted by Gasteiger charge is -2.11. The molecule has 6 heteroatoms. The normalized spacial score (nSPS) is 12.1. The van der Waals surface area contributed by atoms with Crippen molar-refractivity contribution in [1.82, 2.24) is 4.57 Å². The van der Waals surface area contributed by atoms with E-state index >= 15 is 0 Å². The van der Waals surface area contributed by atoms with E-state index in [9.17, 15) is 4.79 Å². The molecule has 2 heterocycles. The van der Waals surface area contributed by atoms with E-state index in [1.54, 1.807) is 0 Å². The van der Waals surface area contributed by atoms with Gasteiger partial charge in [-0.2, -0.15) is 0 Å². The third-order valence-electron chi connectivity index (χ3n) is 5.91. The van der Waals surface area contributed by atoms with Crippen molar-refractivity contribution in [2.24, 2.45) is 5.73 Å². The number of amides is 1. The second-order valence-corrected chi connectivity index (χ2v) is 8.00. The monoisotopic (exact) mass is 440 g/mol. The molecule has 2 N–H and O–H groups in total. The van der Waals surface area contributed by atoms with Crippen LogP contribution in [-0.4, -0.2) is 17.3 Å². The molecular weight excluding hydrogens is 416 g/mol. The molecular formula is C27H24N2O4.